The van der Waals surface area contributed by atoms with Gasteiger partial charge in [-0.2, -0.15) is 0 Å². The number of hydrogen-bond acceptors (Lipinski definition) is 3. The zero-order valence-electron chi connectivity index (χ0n) is 5.29. The maximum absolute atomic E-state index is 10.5. The van der Waals surface area contributed by atoms with Gasteiger partial charge in [-0.05, 0) is 0 Å². The van der Waals surface area contributed by atoms with Crippen LogP contribution in [0.15, 0.2) is 0 Å². The van der Waals surface area contributed by atoms with Crippen LogP contribution in [0.4, 0.5) is 0 Å². The van der Waals surface area contributed by atoms with Crippen LogP contribution in [0.1, 0.15) is 13.3 Å². The standard InChI is InChI=1S/C4H9NO3S/c1-3-4(6)5(2)9(7)8/h3H2,1-2H3,(H,7,8)/p-1. The largest absolute Gasteiger partial charge is 0.755 e. The third-order valence-electron chi connectivity index (χ3n) is 0.877. The summed E-state index contributed by atoms with van der Waals surface area (Å²) in [6.45, 7) is 1.60. The summed E-state index contributed by atoms with van der Waals surface area (Å²) in [6.07, 6.45) is 0.213. The van der Waals surface area contributed by atoms with Gasteiger partial charge >= 0.3 is 0 Å². The first-order valence-corrected chi connectivity index (χ1v) is 3.48. The van der Waals surface area contributed by atoms with E-state index < -0.39 is 17.2 Å². The van der Waals surface area contributed by atoms with Crippen molar-refractivity contribution >= 4 is 17.2 Å². The van der Waals surface area contributed by atoms with Gasteiger partial charge in [0.25, 0.3) is 0 Å². The smallest absolute Gasteiger partial charge is 0.232 e. The molecule has 0 aromatic heterocycles. The van der Waals surface area contributed by atoms with E-state index >= 15 is 0 Å². The molecule has 0 radical (unpaired) electrons. The van der Waals surface area contributed by atoms with Crippen LogP contribution in [0.3, 0.4) is 0 Å². The molecule has 1 unspecified atom stereocenters. The number of carbonyl (C=O) groups excluding carboxylic acids is 1. The van der Waals surface area contributed by atoms with Crippen molar-refractivity contribution in [2.45, 2.75) is 13.3 Å². The lowest BCUT2D eigenvalue weighted by molar-refractivity contribution is -0.125. The second kappa shape index (κ2) is 3.58. The van der Waals surface area contributed by atoms with Crippen LogP contribution in [0, 0.1) is 0 Å². The summed E-state index contributed by atoms with van der Waals surface area (Å²) < 4.78 is 20.7. The number of carbonyl (C=O) groups is 1. The minimum absolute atomic E-state index is 0.213. The molecule has 0 saturated heterocycles. The highest BCUT2D eigenvalue weighted by Crippen LogP contribution is 1.90. The third kappa shape index (κ3) is 2.57. The second-order valence-electron chi connectivity index (χ2n) is 1.46. The van der Waals surface area contributed by atoms with Gasteiger partial charge in [-0.25, -0.2) is 0 Å². The first-order valence-electron chi connectivity index (χ1n) is 2.45. The molecule has 0 bridgehead atoms. The van der Waals surface area contributed by atoms with Gasteiger partial charge in [-0.3, -0.25) is 13.3 Å². The quantitative estimate of drug-likeness (QED) is 0.505. The van der Waals surface area contributed by atoms with Crippen molar-refractivity contribution in [2.75, 3.05) is 7.05 Å². The average Bonchev–Trinajstić information content (AvgIpc) is 1.84. The number of nitrogens with zero attached hydrogens (tertiary/aromatic N) is 1. The fourth-order valence-corrected chi connectivity index (χ4v) is 0.601. The fraction of sp³-hybridized carbons (Fsp3) is 0.750. The third-order valence-corrected chi connectivity index (χ3v) is 1.53. The minimum atomic E-state index is -2.41. The number of hydrogen-bond donors (Lipinski definition) is 0. The van der Waals surface area contributed by atoms with Crippen LogP contribution in [0.5, 0.6) is 0 Å². The molecule has 5 heteroatoms. The molecule has 1 atom stereocenters. The predicted molar refractivity (Wildman–Crippen MR) is 32.0 cm³/mol. The van der Waals surface area contributed by atoms with Crippen LogP contribution < -0.4 is 0 Å². The molecule has 0 N–H and O–H groups in total. The molecule has 0 spiro atoms. The second-order valence-corrected chi connectivity index (χ2v) is 2.44. The molecule has 0 aliphatic carbocycles. The summed E-state index contributed by atoms with van der Waals surface area (Å²) in [6, 6.07) is 0. The van der Waals surface area contributed by atoms with E-state index in [1.165, 1.54) is 7.05 Å². The Morgan fingerprint density at radius 3 is 2.33 bits per heavy atom. The predicted octanol–water partition coefficient (Wildman–Crippen LogP) is -0.351. The van der Waals surface area contributed by atoms with Gasteiger partial charge in [0.1, 0.15) is 0 Å². The maximum atomic E-state index is 10.5. The van der Waals surface area contributed by atoms with Crippen molar-refractivity contribution < 1.29 is 13.6 Å². The molecular formula is C4H8NO3S-. The van der Waals surface area contributed by atoms with E-state index in [0.717, 1.165) is 0 Å². The van der Waals surface area contributed by atoms with E-state index in [1.54, 1.807) is 6.92 Å². The van der Waals surface area contributed by atoms with E-state index in [0.29, 0.717) is 4.31 Å². The van der Waals surface area contributed by atoms with Crippen molar-refractivity contribution in [3.05, 3.63) is 0 Å². The Bertz CT molecular complexity index is 136. The molecule has 0 heterocycles. The van der Waals surface area contributed by atoms with Crippen molar-refractivity contribution in [1.82, 2.24) is 4.31 Å². The van der Waals surface area contributed by atoms with Crippen LogP contribution >= 0.6 is 0 Å². The number of rotatable bonds is 2. The Labute approximate surface area is 56.3 Å². The lowest BCUT2D eigenvalue weighted by Crippen LogP contribution is -2.27. The Morgan fingerprint density at radius 1 is 1.78 bits per heavy atom. The normalized spacial score (nSPS) is 12.8. The molecule has 0 rings (SSSR count). The Morgan fingerprint density at radius 2 is 2.22 bits per heavy atom. The summed E-state index contributed by atoms with van der Waals surface area (Å²) in [5, 5.41) is 0. The van der Waals surface area contributed by atoms with E-state index in [9.17, 15) is 13.6 Å². The SMILES string of the molecule is CCC(=O)N(C)S(=O)[O-]. The molecule has 0 aliphatic rings. The Kier molecular flexibility index (Phi) is 3.41. The van der Waals surface area contributed by atoms with E-state index in [2.05, 4.69) is 0 Å². The van der Waals surface area contributed by atoms with Crippen molar-refractivity contribution in [3.63, 3.8) is 0 Å². The zero-order valence-corrected chi connectivity index (χ0v) is 6.10. The van der Waals surface area contributed by atoms with E-state index in [-0.39, 0.29) is 6.42 Å². The van der Waals surface area contributed by atoms with Gasteiger partial charge in [-0.15, -0.1) is 0 Å². The summed E-state index contributed by atoms with van der Waals surface area (Å²) in [7, 11) is 1.22. The molecule has 0 fully saturated rings. The first kappa shape index (κ1) is 8.58. The van der Waals surface area contributed by atoms with Crippen LogP contribution in [0.2, 0.25) is 0 Å². The van der Waals surface area contributed by atoms with Crippen LogP contribution in [-0.4, -0.2) is 26.0 Å². The summed E-state index contributed by atoms with van der Waals surface area (Å²) in [5.41, 5.74) is 0. The van der Waals surface area contributed by atoms with Gasteiger partial charge in [-0.1, -0.05) is 6.92 Å². The molecule has 54 valence electrons. The molecule has 9 heavy (non-hydrogen) atoms. The van der Waals surface area contributed by atoms with Gasteiger partial charge < -0.3 is 4.55 Å². The molecule has 4 nitrogen and oxygen atoms in total. The average molecular weight is 150 g/mol. The van der Waals surface area contributed by atoms with Crippen LogP contribution in [0.25, 0.3) is 0 Å². The molecule has 0 saturated carbocycles. The topological polar surface area (TPSA) is 60.4 Å². The summed E-state index contributed by atoms with van der Waals surface area (Å²) in [4.78, 5) is 10.5. The molecule has 0 aromatic rings. The van der Waals surface area contributed by atoms with Crippen molar-refractivity contribution in [3.8, 4) is 0 Å². The molecule has 0 aromatic carbocycles. The van der Waals surface area contributed by atoms with Crippen LogP contribution in [-0.2, 0) is 16.1 Å². The van der Waals surface area contributed by atoms with Gasteiger partial charge in [0.2, 0.25) is 5.91 Å². The monoisotopic (exact) mass is 150 g/mol. The molecular weight excluding hydrogens is 142 g/mol. The van der Waals surface area contributed by atoms with Gasteiger partial charge in [0.15, 0.2) is 0 Å². The maximum Gasteiger partial charge on any atom is 0.232 e. The summed E-state index contributed by atoms with van der Waals surface area (Å²) in [5.74, 6) is -0.400. The zero-order chi connectivity index (χ0) is 7.44. The Hall–Kier alpha value is -0.420. The number of amides is 1. The highest BCUT2D eigenvalue weighted by Gasteiger charge is 2.03. The lowest BCUT2D eigenvalue weighted by atomic mass is 10.5. The first-order chi connectivity index (χ1) is 4.09. The highest BCUT2D eigenvalue weighted by molar-refractivity contribution is 7.77. The van der Waals surface area contributed by atoms with Gasteiger partial charge in [0.05, 0.1) is 0 Å². The highest BCUT2D eigenvalue weighted by atomic mass is 32.2. The van der Waals surface area contributed by atoms with Crippen molar-refractivity contribution in [2.24, 2.45) is 0 Å². The van der Waals surface area contributed by atoms with E-state index in [1.807, 2.05) is 0 Å². The summed E-state index contributed by atoms with van der Waals surface area (Å²) >= 11 is -2.41. The molecule has 1 amide bonds. The minimum Gasteiger partial charge on any atom is -0.755 e. The van der Waals surface area contributed by atoms with E-state index in [4.69, 9.17) is 0 Å². The van der Waals surface area contributed by atoms with Crippen molar-refractivity contribution in [1.29, 1.82) is 0 Å². The fourth-order valence-electron chi connectivity index (χ4n) is 0.306. The Balaban J connectivity index is 3.88. The van der Waals surface area contributed by atoms with Gasteiger partial charge in [0, 0.05) is 24.7 Å². The molecule has 0 aliphatic heterocycles. The lowest BCUT2D eigenvalue weighted by Gasteiger charge is -2.17.